The van der Waals surface area contributed by atoms with Crippen LogP contribution < -0.4 is 15.8 Å². The topological polar surface area (TPSA) is 94.3 Å². The SMILES string of the molecule is COc1ccc(-c2cc(C(=O)Nc3cccc(C(N)=O)c3C)c3ccccc3n2)cc1. The van der Waals surface area contributed by atoms with Crippen molar-refractivity contribution in [3.63, 3.8) is 0 Å². The first-order valence-corrected chi connectivity index (χ1v) is 9.73. The minimum Gasteiger partial charge on any atom is -0.497 e. The third-order valence-electron chi connectivity index (χ3n) is 5.19. The highest BCUT2D eigenvalue weighted by molar-refractivity contribution is 6.13. The number of aromatic nitrogens is 1. The van der Waals surface area contributed by atoms with E-state index in [1.165, 1.54) is 0 Å². The Morgan fingerprint density at radius 1 is 0.935 bits per heavy atom. The Morgan fingerprint density at radius 3 is 2.39 bits per heavy atom. The maximum Gasteiger partial charge on any atom is 0.256 e. The number of para-hydroxylation sites is 1. The fraction of sp³-hybridized carbons (Fsp3) is 0.0800. The van der Waals surface area contributed by atoms with Gasteiger partial charge in [-0.05, 0) is 61.0 Å². The number of nitrogens with two attached hydrogens (primary N) is 1. The van der Waals surface area contributed by atoms with Crippen LogP contribution in [0.25, 0.3) is 22.2 Å². The number of benzene rings is 3. The molecule has 0 saturated heterocycles. The van der Waals surface area contributed by atoms with Gasteiger partial charge >= 0.3 is 0 Å². The Morgan fingerprint density at radius 2 is 1.68 bits per heavy atom. The Bertz CT molecular complexity index is 1300. The number of pyridine rings is 1. The fourth-order valence-corrected chi connectivity index (χ4v) is 3.50. The molecular formula is C25H21N3O3. The lowest BCUT2D eigenvalue weighted by Gasteiger charge is -2.13. The molecule has 3 aromatic carbocycles. The summed E-state index contributed by atoms with van der Waals surface area (Å²) in [4.78, 5) is 29.6. The highest BCUT2D eigenvalue weighted by atomic mass is 16.5. The molecule has 0 saturated carbocycles. The van der Waals surface area contributed by atoms with E-state index in [0.29, 0.717) is 33.6 Å². The summed E-state index contributed by atoms with van der Waals surface area (Å²) < 4.78 is 5.22. The average Bonchev–Trinajstić information content (AvgIpc) is 2.79. The second kappa shape index (κ2) is 8.28. The minimum atomic E-state index is -0.537. The highest BCUT2D eigenvalue weighted by Gasteiger charge is 2.16. The van der Waals surface area contributed by atoms with Crippen molar-refractivity contribution < 1.29 is 14.3 Å². The maximum atomic E-state index is 13.3. The lowest BCUT2D eigenvalue weighted by atomic mass is 10.0. The summed E-state index contributed by atoms with van der Waals surface area (Å²) in [6, 6.07) is 21.8. The zero-order chi connectivity index (χ0) is 22.0. The van der Waals surface area contributed by atoms with Gasteiger partial charge in [0.2, 0.25) is 5.91 Å². The maximum absolute atomic E-state index is 13.3. The lowest BCUT2D eigenvalue weighted by Crippen LogP contribution is -2.17. The molecule has 1 heterocycles. The molecule has 0 unspecified atom stereocenters. The van der Waals surface area contributed by atoms with Crippen LogP contribution >= 0.6 is 0 Å². The number of hydrogen-bond acceptors (Lipinski definition) is 4. The van der Waals surface area contributed by atoms with Crippen LogP contribution in [0.5, 0.6) is 5.75 Å². The van der Waals surface area contributed by atoms with E-state index >= 15 is 0 Å². The summed E-state index contributed by atoms with van der Waals surface area (Å²) in [5, 5.41) is 3.65. The number of anilines is 1. The predicted molar refractivity (Wildman–Crippen MR) is 121 cm³/mol. The number of carbonyl (C=O) groups excluding carboxylic acids is 2. The van der Waals surface area contributed by atoms with Crippen LogP contribution in [0.1, 0.15) is 26.3 Å². The number of hydrogen-bond donors (Lipinski definition) is 2. The molecule has 6 nitrogen and oxygen atoms in total. The highest BCUT2D eigenvalue weighted by Crippen LogP contribution is 2.27. The number of ether oxygens (including phenoxy) is 1. The molecule has 154 valence electrons. The molecule has 2 amide bonds. The van der Waals surface area contributed by atoms with E-state index in [9.17, 15) is 9.59 Å². The standard InChI is InChI=1S/C25H21N3O3/c1-15-18(24(26)29)7-5-9-21(15)28-25(30)20-14-23(16-10-12-17(31-2)13-11-16)27-22-8-4-3-6-19(20)22/h3-14H,1-2H3,(H2,26,29)(H,28,30). The number of primary amides is 1. The van der Waals surface area contributed by atoms with Gasteiger partial charge < -0.3 is 15.8 Å². The van der Waals surface area contributed by atoms with Gasteiger partial charge in [0.1, 0.15) is 5.75 Å². The van der Waals surface area contributed by atoms with Gasteiger partial charge in [-0.1, -0.05) is 24.3 Å². The first-order valence-electron chi connectivity index (χ1n) is 9.73. The van der Waals surface area contributed by atoms with Crippen LogP contribution in [-0.2, 0) is 0 Å². The first kappa shape index (κ1) is 20.1. The summed E-state index contributed by atoms with van der Waals surface area (Å²) in [7, 11) is 1.61. The van der Waals surface area contributed by atoms with Crippen LogP contribution in [0.3, 0.4) is 0 Å². The second-order valence-corrected chi connectivity index (χ2v) is 7.10. The fourth-order valence-electron chi connectivity index (χ4n) is 3.50. The van der Waals surface area contributed by atoms with Crippen molar-refractivity contribution in [2.75, 3.05) is 12.4 Å². The molecule has 31 heavy (non-hydrogen) atoms. The van der Waals surface area contributed by atoms with Crippen molar-refractivity contribution in [2.24, 2.45) is 5.73 Å². The first-order chi connectivity index (χ1) is 15.0. The summed E-state index contributed by atoms with van der Waals surface area (Å²) in [6.45, 7) is 1.75. The molecule has 4 rings (SSSR count). The molecule has 3 N–H and O–H groups in total. The molecule has 4 aromatic rings. The largest absolute Gasteiger partial charge is 0.497 e. The molecule has 0 radical (unpaired) electrons. The van der Waals surface area contributed by atoms with Gasteiger partial charge in [0.15, 0.2) is 0 Å². The number of amides is 2. The molecule has 0 spiro atoms. The molecule has 0 aliphatic heterocycles. The van der Waals surface area contributed by atoms with E-state index in [4.69, 9.17) is 15.5 Å². The molecule has 0 atom stereocenters. The molecule has 0 aliphatic carbocycles. The number of nitrogens with one attached hydrogen (secondary N) is 1. The van der Waals surface area contributed by atoms with Crippen molar-refractivity contribution in [1.82, 2.24) is 4.98 Å². The van der Waals surface area contributed by atoms with Crippen LogP contribution in [0.15, 0.2) is 72.8 Å². The van der Waals surface area contributed by atoms with E-state index < -0.39 is 5.91 Å². The van der Waals surface area contributed by atoms with E-state index in [2.05, 4.69) is 5.32 Å². The van der Waals surface area contributed by atoms with Crippen molar-refractivity contribution in [2.45, 2.75) is 6.92 Å². The zero-order valence-electron chi connectivity index (χ0n) is 17.2. The number of methoxy groups -OCH3 is 1. The van der Waals surface area contributed by atoms with Crippen LogP contribution in [0.4, 0.5) is 5.69 Å². The zero-order valence-corrected chi connectivity index (χ0v) is 17.2. The number of rotatable bonds is 5. The molecule has 1 aromatic heterocycles. The number of fused-ring (bicyclic) bond motifs is 1. The van der Waals surface area contributed by atoms with Crippen LogP contribution in [0, 0.1) is 6.92 Å². The molecule has 0 aliphatic rings. The van der Waals surface area contributed by atoms with Gasteiger partial charge in [-0.3, -0.25) is 9.59 Å². The summed E-state index contributed by atoms with van der Waals surface area (Å²) in [5.74, 6) is -0.0878. The molecule has 6 heteroatoms. The van der Waals surface area contributed by atoms with Crippen LogP contribution in [-0.4, -0.2) is 23.9 Å². The van der Waals surface area contributed by atoms with Gasteiger partial charge in [0.05, 0.1) is 23.9 Å². The Kier molecular flexibility index (Phi) is 5.37. The quantitative estimate of drug-likeness (QED) is 0.503. The molecule has 0 fully saturated rings. The summed E-state index contributed by atoms with van der Waals surface area (Å²) in [6.07, 6.45) is 0. The average molecular weight is 411 g/mol. The Hall–Kier alpha value is -4.19. The number of nitrogens with zero attached hydrogens (tertiary/aromatic N) is 1. The third kappa shape index (κ3) is 3.96. The van der Waals surface area contributed by atoms with Gasteiger partial charge in [-0.15, -0.1) is 0 Å². The van der Waals surface area contributed by atoms with E-state index in [0.717, 1.165) is 16.7 Å². The van der Waals surface area contributed by atoms with Gasteiger partial charge in [0, 0.05) is 22.2 Å². The summed E-state index contributed by atoms with van der Waals surface area (Å²) >= 11 is 0. The van der Waals surface area contributed by atoms with Crippen LogP contribution in [0.2, 0.25) is 0 Å². The van der Waals surface area contributed by atoms with E-state index in [-0.39, 0.29) is 5.91 Å². The minimum absolute atomic E-state index is 0.293. The summed E-state index contributed by atoms with van der Waals surface area (Å²) in [5.41, 5.74) is 9.71. The van der Waals surface area contributed by atoms with E-state index in [1.807, 2.05) is 48.5 Å². The van der Waals surface area contributed by atoms with Gasteiger partial charge in [0.25, 0.3) is 5.91 Å². The van der Waals surface area contributed by atoms with Crippen molar-refractivity contribution in [3.05, 3.63) is 89.5 Å². The predicted octanol–water partition coefficient (Wildman–Crippen LogP) is 4.57. The van der Waals surface area contributed by atoms with Crippen molar-refractivity contribution >= 4 is 28.4 Å². The molecular weight excluding hydrogens is 390 g/mol. The van der Waals surface area contributed by atoms with Crippen molar-refractivity contribution in [1.29, 1.82) is 0 Å². The Balaban J connectivity index is 1.78. The van der Waals surface area contributed by atoms with Gasteiger partial charge in [-0.25, -0.2) is 4.98 Å². The monoisotopic (exact) mass is 411 g/mol. The smallest absolute Gasteiger partial charge is 0.256 e. The lowest BCUT2D eigenvalue weighted by molar-refractivity contribution is 0.0995. The third-order valence-corrected chi connectivity index (χ3v) is 5.19. The van der Waals surface area contributed by atoms with Crippen molar-refractivity contribution in [3.8, 4) is 17.0 Å². The normalized spacial score (nSPS) is 10.6. The number of carbonyl (C=O) groups is 2. The second-order valence-electron chi connectivity index (χ2n) is 7.10. The molecule has 0 bridgehead atoms. The van der Waals surface area contributed by atoms with E-state index in [1.54, 1.807) is 38.3 Å². The van der Waals surface area contributed by atoms with Gasteiger partial charge in [-0.2, -0.15) is 0 Å². The Labute approximate surface area is 179 Å².